The average molecular weight is 276 g/mol. The van der Waals surface area contributed by atoms with Crippen LogP contribution >= 0.6 is 0 Å². The second-order valence-electron chi connectivity index (χ2n) is 4.20. The van der Waals surface area contributed by atoms with E-state index < -0.39 is 23.7 Å². The molecule has 0 unspecified atom stereocenters. The predicted octanol–water partition coefficient (Wildman–Crippen LogP) is 0.516. The number of carbonyl (C=O) groups excluding carboxylic acids is 2. The van der Waals surface area contributed by atoms with Gasteiger partial charge in [0.2, 0.25) is 5.91 Å². The molecule has 20 heavy (non-hydrogen) atoms. The highest BCUT2D eigenvalue weighted by Crippen LogP contribution is 2.14. The van der Waals surface area contributed by atoms with Crippen LogP contribution in [0.15, 0.2) is 36.5 Å². The van der Waals surface area contributed by atoms with Crippen molar-refractivity contribution < 1.29 is 14.0 Å². The van der Waals surface area contributed by atoms with Gasteiger partial charge < -0.3 is 11.1 Å². The van der Waals surface area contributed by atoms with E-state index in [1.807, 2.05) is 0 Å². The number of amides is 2. The summed E-state index contributed by atoms with van der Waals surface area (Å²) in [5.74, 6) is -1.65. The molecule has 0 saturated heterocycles. The maximum Gasteiger partial charge on any atom is 0.270 e. The summed E-state index contributed by atoms with van der Waals surface area (Å²) in [6.07, 6.45) is 1.46. The Morgan fingerprint density at radius 2 is 1.95 bits per heavy atom. The molecule has 0 bridgehead atoms. The van der Waals surface area contributed by atoms with Gasteiger partial charge in [0.05, 0.1) is 0 Å². The molecule has 2 rings (SSSR count). The average Bonchev–Trinajstić information content (AvgIpc) is 2.83. The SMILES string of the molecule is Cn1nccc1C(=O)N[C@H](C(N)=O)c1ccc(F)cc1. The second-order valence-corrected chi connectivity index (χ2v) is 4.20. The summed E-state index contributed by atoms with van der Waals surface area (Å²) < 4.78 is 14.2. The fraction of sp³-hybridized carbons (Fsp3) is 0.154. The molecule has 1 heterocycles. The van der Waals surface area contributed by atoms with Crippen LogP contribution in [0.4, 0.5) is 4.39 Å². The van der Waals surface area contributed by atoms with E-state index in [4.69, 9.17) is 5.73 Å². The molecule has 2 aromatic rings. The minimum absolute atomic E-state index is 0.290. The fourth-order valence-corrected chi connectivity index (χ4v) is 1.78. The lowest BCUT2D eigenvalue weighted by atomic mass is 10.1. The van der Waals surface area contributed by atoms with Crippen LogP contribution in [-0.2, 0) is 11.8 Å². The number of aromatic nitrogens is 2. The van der Waals surface area contributed by atoms with Crippen molar-refractivity contribution in [2.45, 2.75) is 6.04 Å². The van der Waals surface area contributed by atoms with Gasteiger partial charge >= 0.3 is 0 Å². The Morgan fingerprint density at radius 3 is 2.45 bits per heavy atom. The topological polar surface area (TPSA) is 90.0 Å². The van der Waals surface area contributed by atoms with Gasteiger partial charge in [0, 0.05) is 13.2 Å². The molecule has 2 amide bonds. The summed E-state index contributed by atoms with van der Waals surface area (Å²) in [7, 11) is 1.60. The molecule has 0 radical (unpaired) electrons. The third-order valence-electron chi connectivity index (χ3n) is 2.82. The van der Waals surface area contributed by atoms with Crippen molar-refractivity contribution in [3.63, 3.8) is 0 Å². The zero-order valence-electron chi connectivity index (χ0n) is 10.7. The molecule has 6 nitrogen and oxygen atoms in total. The van der Waals surface area contributed by atoms with Gasteiger partial charge in [-0.2, -0.15) is 5.10 Å². The van der Waals surface area contributed by atoms with Gasteiger partial charge in [0.15, 0.2) is 0 Å². The van der Waals surface area contributed by atoms with E-state index in [0.717, 1.165) is 0 Å². The number of nitrogens with one attached hydrogen (secondary N) is 1. The first kappa shape index (κ1) is 13.7. The summed E-state index contributed by atoms with van der Waals surface area (Å²) in [4.78, 5) is 23.5. The molecule has 0 aliphatic heterocycles. The maximum atomic E-state index is 12.9. The first-order valence-electron chi connectivity index (χ1n) is 5.82. The van der Waals surface area contributed by atoms with Crippen molar-refractivity contribution in [3.05, 3.63) is 53.6 Å². The van der Waals surface area contributed by atoms with Crippen molar-refractivity contribution in [2.24, 2.45) is 12.8 Å². The molecular formula is C13H13FN4O2. The number of aryl methyl sites for hydroxylation is 1. The summed E-state index contributed by atoms with van der Waals surface area (Å²) in [5.41, 5.74) is 5.98. The van der Waals surface area contributed by atoms with Gasteiger partial charge in [-0.1, -0.05) is 12.1 Å². The molecular weight excluding hydrogens is 263 g/mol. The van der Waals surface area contributed by atoms with Gasteiger partial charge in [0.25, 0.3) is 5.91 Å². The summed E-state index contributed by atoms with van der Waals surface area (Å²) in [5, 5.41) is 6.36. The monoisotopic (exact) mass is 276 g/mol. The summed E-state index contributed by atoms with van der Waals surface area (Å²) in [6, 6.07) is 5.67. The van der Waals surface area contributed by atoms with E-state index in [-0.39, 0.29) is 0 Å². The van der Waals surface area contributed by atoms with E-state index in [1.54, 1.807) is 7.05 Å². The third-order valence-corrected chi connectivity index (χ3v) is 2.82. The van der Waals surface area contributed by atoms with Crippen molar-refractivity contribution in [2.75, 3.05) is 0 Å². The summed E-state index contributed by atoms with van der Waals surface area (Å²) >= 11 is 0. The maximum absolute atomic E-state index is 12.9. The Hall–Kier alpha value is -2.70. The molecule has 0 saturated carbocycles. The van der Waals surface area contributed by atoms with Crippen LogP contribution in [-0.4, -0.2) is 21.6 Å². The molecule has 7 heteroatoms. The molecule has 0 aliphatic carbocycles. The Kier molecular flexibility index (Phi) is 3.79. The Morgan fingerprint density at radius 1 is 1.30 bits per heavy atom. The van der Waals surface area contributed by atoms with Gasteiger partial charge in [0.1, 0.15) is 17.6 Å². The lowest BCUT2D eigenvalue weighted by Crippen LogP contribution is -2.38. The number of benzene rings is 1. The molecule has 1 aromatic heterocycles. The standard InChI is InChI=1S/C13H13FN4O2/c1-18-10(6-7-16-18)13(20)17-11(12(15)19)8-2-4-9(14)5-3-8/h2-7,11H,1H3,(H2,15,19)(H,17,20)/t11-/m0/s1. The fourth-order valence-electron chi connectivity index (χ4n) is 1.78. The zero-order chi connectivity index (χ0) is 14.7. The highest BCUT2D eigenvalue weighted by molar-refractivity contribution is 5.96. The van der Waals surface area contributed by atoms with Crippen LogP contribution < -0.4 is 11.1 Å². The van der Waals surface area contributed by atoms with Crippen LogP contribution in [0.3, 0.4) is 0 Å². The van der Waals surface area contributed by atoms with Crippen molar-refractivity contribution in [1.82, 2.24) is 15.1 Å². The van der Waals surface area contributed by atoms with Gasteiger partial charge in [-0.3, -0.25) is 14.3 Å². The van der Waals surface area contributed by atoms with Gasteiger partial charge in [-0.15, -0.1) is 0 Å². The molecule has 0 spiro atoms. The molecule has 1 atom stereocenters. The van der Waals surface area contributed by atoms with Crippen LogP contribution in [0.5, 0.6) is 0 Å². The minimum atomic E-state index is -1.03. The first-order chi connectivity index (χ1) is 9.49. The Bertz CT molecular complexity index is 636. The van der Waals surface area contributed by atoms with E-state index in [0.29, 0.717) is 11.3 Å². The number of rotatable bonds is 4. The van der Waals surface area contributed by atoms with Gasteiger partial charge in [-0.25, -0.2) is 4.39 Å². The lowest BCUT2D eigenvalue weighted by molar-refractivity contribution is -0.120. The van der Waals surface area contributed by atoms with Crippen molar-refractivity contribution in [3.8, 4) is 0 Å². The van der Waals surface area contributed by atoms with E-state index in [1.165, 1.54) is 41.2 Å². The quantitative estimate of drug-likeness (QED) is 0.852. The number of hydrogen-bond acceptors (Lipinski definition) is 3. The van der Waals surface area contributed by atoms with Crippen LogP contribution in [0.25, 0.3) is 0 Å². The predicted molar refractivity (Wildman–Crippen MR) is 69.0 cm³/mol. The third kappa shape index (κ3) is 2.82. The minimum Gasteiger partial charge on any atom is -0.368 e. The highest BCUT2D eigenvalue weighted by Gasteiger charge is 2.22. The van der Waals surface area contributed by atoms with Crippen LogP contribution in [0.1, 0.15) is 22.1 Å². The number of carbonyl (C=O) groups is 2. The molecule has 1 aromatic carbocycles. The number of nitrogens with two attached hydrogens (primary N) is 1. The summed E-state index contributed by atoms with van der Waals surface area (Å²) in [6.45, 7) is 0. The second kappa shape index (κ2) is 5.52. The molecule has 0 aliphatic rings. The Balaban J connectivity index is 2.22. The van der Waals surface area contributed by atoms with E-state index in [9.17, 15) is 14.0 Å². The lowest BCUT2D eigenvalue weighted by Gasteiger charge is -2.15. The number of nitrogens with zero attached hydrogens (tertiary/aromatic N) is 2. The number of primary amides is 1. The highest BCUT2D eigenvalue weighted by atomic mass is 19.1. The molecule has 104 valence electrons. The normalized spacial score (nSPS) is 11.9. The van der Waals surface area contributed by atoms with Crippen molar-refractivity contribution >= 4 is 11.8 Å². The molecule has 0 fully saturated rings. The van der Waals surface area contributed by atoms with Gasteiger partial charge in [-0.05, 0) is 23.8 Å². The van der Waals surface area contributed by atoms with Crippen LogP contribution in [0, 0.1) is 5.82 Å². The Labute approximate surface area is 114 Å². The van der Waals surface area contributed by atoms with Crippen LogP contribution in [0.2, 0.25) is 0 Å². The first-order valence-corrected chi connectivity index (χ1v) is 5.82. The van der Waals surface area contributed by atoms with E-state index in [2.05, 4.69) is 10.4 Å². The van der Waals surface area contributed by atoms with Crippen molar-refractivity contribution in [1.29, 1.82) is 0 Å². The largest absolute Gasteiger partial charge is 0.368 e. The number of halogens is 1. The zero-order valence-corrected chi connectivity index (χ0v) is 10.7. The smallest absolute Gasteiger partial charge is 0.270 e. The molecule has 3 N–H and O–H groups in total. The van der Waals surface area contributed by atoms with E-state index >= 15 is 0 Å². The number of hydrogen-bond donors (Lipinski definition) is 2.